The summed E-state index contributed by atoms with van der Waals surface area (Å²) in [5, 5.41) is 7.16. The van der Waals surface area contributed by atoms with E-state index in [9.17, 15) is 4.79 Å². The van der Waals surface area contributed by atoms with Crippen LogP contribution in [0.25, 0.3) is 0 Å². The smallest absolute Gasteiger partial charge is 0.239 e. The summed E-state index contributed by atoms with van der Waals surface area (Å²) >= 11 is 0. The molecule has 1 aromatic rings. The SMILES string of the molecule is CCCc1nn(C)c(N(C)CC(=O)NCC)c1N. The molecule has 0 spiro atoms. The Labute approximate surface area is 108 Å². The van der Waals surface area contributed by atoms with Gasteiger partial charge in [0.15, 0.2) is 5.82 Å². The lowest BCUT2D eigenvalue weighted by Gasteiger charge is -2.19. The normalized spacial score (nSPS) is 10.4. The van der Waals surface area contributed by atoms with E-state index in [4.69, 9.17) is 5.73 Å². The van der Waals surface area contributed by atoms with Gasteiger partial charge in [-0.25, -0.2) is 0 Å². The molecule has 0 aliphatic heterocycles. The van der Waals surface area contributed by atoms with Gasteiger partial charge in [0.2, 0.25) is 5.91 Å². The molecule has 6 heteroatoms. The van der Waals surface area contributed by atoms with Crippen LogP contribution >= 0.6 is 0 Å². The van der Waals surface area contributed by atoms with Crippen LogP contribution in [-0.4, -0.2) is 35.8 Å². The van der Waals surface area contributed by atoms with Crippen LogP contribution in [0.1, 0.15) is 26.0 Å². The minimum absolute atomic E-state index is 0.0161. The van der Waals surface area contributed by atoms with Gasteiger partial charge in [-0.05, 0) is 13.3 Å². The average molecular weight is 253 g/mol. The van der Waals surface area contributed by atoms with Crippen molar-refractivity contribution in [3.8, 4) is 0 Å². The van der Waals surface area contributed by atoms with Crippen molar-refractivity contribution in [3.63, 3.8) is 0 Å². The maximum Gasteiger partial charge on any atom is 0.239 e. The van der Waals surface area contributed by atoms with Crippen LogP contribution in [0.4, 0.5) is 11.5 Å². The van der Waals surface area contributed by atoms with Gasteiger partial charge in [0.25, 0.3) is 0 Å². The zero-order valence-corrected chi connectivity index (χ0v) is 11.7. The first-order chi connectivity index (χ1) is 8.51. The molecular weight excluding hydrogens is 230 g/mol. The van der Waals surface area contributed by atoms with Gasteiger partial charge in [-0.1, -0.05) is 13.3 Å². The number of rotatable bonds is 6. The van der Waals surface area contributed by atoms with Crippen molar-refractivity contribution in [1.82, 2.24) is 15.1 Å². The lowest BCUT2D eigenvalue weighted by molar-refractivity contribution is -0.119. The summed E-state index contributed by atoms with van der Waals surface area (Å²) in [6, 6.07) is 0. The van der Waals surface area contributed by atoms with Gasteiger partial charge in [0.05, 0.1) is 17.9 Å². The van der Waals surface area contributed by atoms with Crippen molar-refractivity contribution < 1.29 is 4.79 Å². The van der Waals surface area contributed by atoms with Gasteiger partial charge in [-0.2, -0.15) is 5.10 Å². The van der Waals surface area contributed by atoms with E-state index in [-0.39, 0.29) is 12.5 Å². The van der Waals surface area contributed by atoms with Crippen LogP contribution in [0.15, 0.2) is 0 Å². The summed E-state index contributed by atoms with van der Waals surface area (Å²) in [7, 11) is 3.69. The van der Waals surface area contributed by atoms with Gasteiger partial charge in [0.1, 0.15) is 0 Å². The molecule has 0 bridgehead atoms. The van der Waals surface area contributed by atoms with Gasteiger partial charge >= 0.3 is 0 Å². The van der Waals surface area contributed by atoms with Gasteiger partial charge < -0.3 is 16.0 Å². The number of nitrogen functional groups attached to an aromatic ring is 1. The van der Waals surface area contributed by atoms with Crippen LogP contribution in [0.5, 0.6) is 0 Å². The van der Waals surface area contributed by atoms with Gasteiger partial charge in [-0.3, -0.25) is 9.48 Å². The third-order valence-corrected chi connectivity index (χ3v) is 2.73. The maximum atomic E-state index is 11.6. The number of amides is 1. The predicted octanol–water partition coefficient (Wildman–Crippen LogP) is 0.527. The lowest BCUT2D eigenvalue weighted by Crippen LogP contribution is -2.36. The summed E-state index contributed by atoms with van der Waals surface area (Å²) in [5.41, 5.74) is 7.66. The minimum Gasteiger partial charge on any atom is -0.394 e. The maximum absolute atomic E-state index is 11.6. The molecule has 0 radical (unpaired) electrons. The van der Waals surface area contributed by atoms with Crippen molar-refractivity contribution >= 4 is 17.4 Å². The molecule has 1 rings (SSSR count). The Morgan fingerprint density at radius 1 is 1.50 bits per heavy atom. The molecule has 3 N–H and O–H groups in total. The second-order valence-electron chi connectivity index (χ2n) is 4.37. The Kier molecular flexibility index (Phi) is 5.00. The van der Waals surface area contributed by atoms with Crippen molar-refractivity contribution in [2.45, 2.75) is 26.7 Å². The number of nitrogens with one attached hydrogen (secondary N) is 1. The summed E-state index contributed by atoms with van der Waals surface area (Å²) in [5.74, 6) is 0.780. The Morgan fingerprint density at radius 2 is 2.17 bits per heavy atom. The van der Waals surface area contributed by atoms with Crippen molar-refractivity contribution in [3.05, 3.63) is 5.69 Å². The predicted molar refractivity (Wildman–Crippen MR) is 73.6 cm³/mol. The summed E-state index contributed by atoms with van der Waals surface area (Å²) in [6.45, 7) is 4.90. The topological polar surface area (TPSA) is 76.2 Å². The second-order valence-corrected chi connectivity index (χ2v) is 4.37. The largest absolute Gasteiger partial charge is 0.394 e. The Balaban J connectivity index is 2.85. The summed E-state index contributed by atoms with van der Waals surface area (Å²) in [4.78, 5) is 13.4. The van der Waals surface area contributed by atoms with Crippen molar-refractivity contribution in [2.24, 2.45) is 7.05 Å². The molecule has 1 amide bonds. The minimum atomic E-state index is -0.0161. The van der Waals surface area contributed by atoms with Crippen LogP contribution in [0.2, 0.25) is 0 Å². The first-order valence-corrected chi connectivity index (χ1v) is 6.30. The van der Waals surface area contributed by atoms with Crippen LogP contribution in [0.3, 0.4) is 0 Å². The number of aryl methyl sites for hydroxylation is 2. The van der Waals surface area contributed by atoms with Gasteiger partial charge in [-0.15, -0.1) is 0 Å². The number of carbonyl (C=O) groups is 1. The van der Waals surface area contributed by atoms with E-state index in [0.29, 0.717) is 12.2 Å². The molecule has 0 atom stereocenters. The highest BCUT2D eigenvalue weighted by Gasteiger charge is 2.17. The monoisotopic (exact) mass is 253 g/mol. The molecule has 1 aromatic heterocycles. The quantitative estimate of drug-likeness (QED) is 0.775. The molecular formula is C12H23N5O. The number of nitrogens with zero attached hydrogens (tertiary/aromatic N) is 3. The van der Waals surface area contributed by atoms with Crippen LogP contribution in [0, 0.1) is 0 Å². The van der Waals surface area contributed by atoms with Crippen LogP contribution < -0.4 is 16.0 Å². The van der Waals surface area contributed by atoms with E-state index in [0.717, 1.165) is 24.4 Å². The number of aromatic nitrogens is 2. The molecule has 0 aromatic carbocycles. The molecule has 0 aliphatic carbocycles. The van der Waals surface area contributed by atoms with E-state index in [1.165, 1.54) is 0 Å². The Bertz CT molecular complexity index is 413. The molecule has 0 aliphatic rings. The summed E-state index contributed by atoms with van der Waals surface area (Å²) < 4.78 is 1.74. The van der Waals surface area contributed by atoms with Crippen molar-refractivity contribution in [2.75, 3.05) is 30.8 Å². The van der Waals surface area contributed by atoms with Gasteiger partial charge in [0, 0.05) is 20.6 Å². The Hall–Kier alpha value is -1.72. The first-order valence-electron chi connectivity index (χ1n) is 6.30. The van der Waals surface area contributed by atoms with E-state index < -0.39 is 0 Å². The molecule has 0 saturated carbocycles. The molecule has 18 heavy (non-hydrogen) atoms. The number of nitrogens with two attached hydrogens (primary N) is 1. The summed E-state index contributed by atoms with van der Waals surface area (Å²) in [6.07, 6.45) is 1.86. The standard InChI is InChI=1S/C12H23N5O/c1-5-7-9-11(13)12(17(4)15-9)16(3)8-10(18)14-6-2/h5-8,13H2,1-4H3,(H,14,18). The fourth-order valence-corrected chi connectivity index (χ4v) is 2.00. The molecule has 0 saturated heterocycles. The Morgan fingerprint density at radius 3 is 2.72 bits per heavy atom. The fraction of sp³-hybridized carbons (Fsp3) is 0.667. The second kappa shape index (κ2) is 6.28. The zero-order chi connectivity index (χ0) is 13.7. The highest BCUT2D eigenvalue weighted by molar-refractivity contribution is 5.82. The molecule has 6 nitrogen and oxygen atoms in total. The highest BCUT2D eigenvalue weighted by atomic mass is 16.2. The number of anilines is 2. The third-order valence-electron chi connectivity index (χ3n) is 2.73. The highest BCUT2D eigenvalue weighted by Crippen LogP contribution is 2.25. The number of hydrogen-bond acceptors (Lipinski definition) is 4. The molecule has 102 valence electrons. The van der Waals surface area contributed by atoms with E-state index in [1.807, 2.05) is 25.9 Å². The average Bonchev–Trinajstić information content (AvgIpc) is 2.55. The third kappa shape index (κ3) is 3.15. The first kappa shape index (κ1) is 14.3. The van der Waals surface area contributed by atoms with Crippen molar-refractivity contribution in [1.29, 1.82) is 0 Å². The molecule has 0 fully saturated rings. The number of hydrogen-bond donors (Lipinski definition) is 2. The fourth-order valence-electron chi connectivity index (χ4n) is 2.00. The zero-order valence-electron chi connectivity index (χ0n) is 11.7. The number of likely N-dealkylation sites (N-methyl/N-ethyl adjacent to an activating group) is 2. The van der Waals surface area contributed by atoms with Crippen LogP contribution in [-0.2, 0) is 18.3 Å². The molecule has 0 unspecified atom stereocenters. The van der Waals surface area contributed by atoms with E-state index in [1.54, 1.807) is 4.68 Å². The van der Waals surface area contributed by atoms with E-state index >= 15 is 0 Å². The molecule has 1 heterocycles. The van der Waals surface area contributed by atoms with E-state index in [2.05, 4.69) is 17.3 Å². The lowest BCUT2D eigenvalue weighted by atomic mass is 10.2. The number of carbonyl (C=O) groups excluding carboxylic acids is 1.